The Balaban J connectivity index is 2.01. The van der Waals surface area contributed by atoms with E-state index in [4.69, 9.17) is 14.6 Å². The van der Waals surface area contributed by atoms with Crippen LogP contribution in [0.3, 0.4) is 0 Å². The Morgan fingerprint density at radius 2 is 1.62 bits per heavy atom. The highest BCUT2D eigenvalue weighted by Crippen LogP contribution is 2.37. The van der Waals surface area contributed by atoms with Crippen LogP contribution in [0.5, 0.6) is 17.2 Å². The average Bonchev–Trinajstić information content (AvgIpc) is 2.73. The number of primary sulfonamides is 1. The minimum atomic E-state index is -4.70. The first-order valence-corrected chi connectivity index (χ1v) is 10.5. The van der Waals surface area contributed by atoms with E-state index in [1.807, 2.05) is 0 Å². The highest BCUT2D eigenvalue weighted by Gasteiger charge is 2.32. The molecule has 0 unspecified atom stereocenters. The molecule has 0 radical (unpaired) electrons. The van der Waals surface area contributed by atoms with E-state index in [1.54, 1.807) is 18.2 Å². The van der Waals surface area contributed by atoms with Gasteiger partial charge in [0, 0.05) is 5.69 Å². The van der Waals surface area contributed by atoms with Crippen molar-refractivity contribution in [3.05, 3.63) is 77.9 Å². The summed E-state index contributed by atoms with van der Waals surface area (Å²) in [4.78, 5) is 12.6. The maximum absolute atomic E-state index is 13.2. The van der Waals surface area contributed by atoms with Crippen molar-refractivity contribution in [3.63, 3.8) is 0 Å². The quantitative estimate of drug-likeness (QED) is 0.560. The largest absolute Gasteiger partial charge is 0.493 e. The first kappa shape index (κ1) is 23.1. The van der Waals surface area contributed by atoms with E-state index in [2.05, 4.69) is 5.32 Å². The molecule has 3 rings (SSSR count). The number of sulfonamides is 1. The Labute approximate surface area is 181 Å². The topological polar surface area (TPSA) is 108 Å². The number of nitrogens with two attached hydrogens (primary N) is 1. The fraction of sp³-hybridized carbons (Fsp3) is 0.0952. The third-order valence-electron chi connectivity index (χ3n) is 4.26. The van der Waals surface area contributed by atoms with Gasteiger partial charge in [0.2, 0.25) is 10.0 Å². The van der Waals surface area contributed by atoms with E-state index in [0.717, 1.165) is 18.2 Å². The molecule has 0 aliphatic rings. The third kappa shape index (κ3) is 5.37. The summed E-state index contributed by atoms with van der Waals surface area (Å²) in [7, 11) is -2.66. The smallest absolute Gasteiger partial charge is 0.416 e. The van der Waals surface area contributed by atoms with Gasteiger partial charge in [0.25, 0.3) is 5.91 Å². The van der Waals surface area contributed by atoms with Crippen molar-refractivity contribution in [2.24, 2.45) is 5.14 Å². The van der Waals surface area contributed by atoms with Crippen molar-refractivity contribution in [1.29, 1.82) is 0 Å². The van der Waals surface area contributed by atoms with Gasteiger partial charge < -0.3 is 14.8 Å². The molecule has 0 aliphatic heterocycles. The van der Waals surface area contributed by atoms with Gasteiger partial charge in [-0.05, 0) is 48.5 Å². The molecule has 0 saturated heterocycles. The molecular weight excluding hydrogens is 449 g/mol. The molecule has 0 heterocycles. The van der Waals surface area contributed by atoms with Crippen LogP contribution in [0.1, 0.15) is 15.9 Å². The number of amides is 1. The number of ether oxygens (including phenoxy) is 2. The van der Waals surface area contributed by atoms with Crippen molar-refractivity contribution in [1.82, 2.24) is 0 Å². The number of alkyl halides is 3. The van der Waals surface area contributed by atoms with Gasteiger partial charge in [0.15, 0.2) is 11.5 Å². The number of hydrogen-bond acceptors (Lipinski definition) is 5. The number of carbonyl (C=O) groups is 1. The lowest BCUT2D eigenvalue weighted by Crippen LogP contribution is -2.16. The van der Waals surface area contributed by atoms with E-state index >= 15 is 0 Å². The van der Waals surface area contributed by atoms with E-state index < -0.39 is 33.2 Å². The van der Waals surface area contributed by atoms with Gasteiger partial charge in [0.1, 0.15) is 5.75 Å². The number of carbonyl (C=O) groups excluding carboxylic acids is 1. The maximum Gasteiger partial charge on any atom is 0.416 e. The average molecular weight is 466 g/mol. The van der Waals surface area contributed by atoms with Crippen LogP contribution < -0.4 is 19.9 Å². The molecular formula is C21H17F3N2O5S. The molecule has 3 N–H and O–H groups in total. The summed E-state index contributed by atoms with van der Waals surface area (Å²) in [6.45, 7) is 0. The summed E-state index contributed by atoms with van der Waals surface area (Å²) >= 11 is 0. The predicted molar refractivity (Wildman–Crippen MR) is 110 cm³/mol. The van der Waals surface area contributed by atoms with Crippen molar-refractivity contribution in [2.75, 3.05) is 12.4 Å². The summed E-state index contributed by atoms with van der Waals surface area (Å²) in [5, 5.41) is 7.44. The molecule has 3 aromatic carbocycles. The molecule has 0 aliphatic carbocycles. The molecule has 11 heteroatoms. The first-order valence-electron chi connectivity index (χ1n) is 8.95. The van der Waals surface area contributed by atoms with Gasteiger partial charge in [-0.25, -0.2) is 13.6 Å². The normalized spacial score (nSPS) is 11.7. The molecule has 0 bridgehead atoms. The molecule has 32 heavy (non-hydrogen) atoms. The van der Waals surface area contributed by atoms with Crippen molar-refractivity contribution < 1.29 is 35.9 Å². The minimum absolute atomic E-state index is 0.0159. The SMILES string of the molecule is COc1ccccc1Oc1ccc(C(F)(F)F)cc1C(=O)Nc1cccc(S(N)(=O)=O)c1. The number of halogens is 3. The van der Waals surface area contributed by atoms with Crippen LogP contribution in [0.4, 0.5) is 18.9 Å². The summed E-state index contributed by atoms with van der Waals surface area (Å²) in [6.07, 6.45) is -4.70. The van der Waals surface area contributed by atoms with Gasteiger partial charge in [-0.2, -0.15) is 13.2 Å². The van der Waals surface area contributed by atoms with E-state index in [9.17, 15) is 26.4 Å². The molecule has 1 amide bonds. The second kappa shape index (κ2) is 8.89. The number of para-hydroxylation sites is 2. The highest BCUT2D eigenvalue weighted by molar-refractivity contribution is 7.89. The maximum atomic E-state index is 13.2. The lowest BCUT2D eigenvalue weighted by atomic mass is 10.1. The van der Waals surface area contributed by atoms with Crippen molar-refractivity contribution in [2.45, 2.75) is 11.1 Å². The van der Waals surface area contributed by atoms with Crippen LogP contribution >= 0.6 is 0 Å². The Morgan fingerprint density at radius 3 is 2.25 bits per heavy atom. The van der Waals surface area contributed by atoms with Crippen LogP contribution in [0, 0.1) is 0 Å². The summed E-state index contributed by atoms with van der Waals surface area (Å²) in [6, 6.07) is 13.8. The Hall–Kier alpha value is -3.57. The van der Waals surface area contributed by atoms with Crippen LogP contribution in [-0.4, -0.2) is 21.4 Å². The third-order valence-corrected chi connectivity index (χ3v) is 5.17. The fourth-order valence-electron chi connectivity index (χ4n) is 2.74. The number of anilines is 1. The van der Waals surface area contributed by atoms with E-state index in [0.29, 0.717) is 11.8 Å². The van der Waals surface area contributed by atoms with Crippen LogP contribution in [0.2, 0.25) is 0 Å². The van der Waals surface area contributed by atoms with Gasteiger partial charge in [-0.15, -0.1) is 0 Å². The number of rotatable bonds is 6. The molecule has 0 fully saturated rings. The number of hydrogen-bond donors (Lipinski definition) is 2. The minimum Gasteiger partial charge on any atom is -0.493 e. The van der Waals surface area contributed by atoms with Crippen molar-refractivity contribution in [3.8, 4) is 17.2 Å². The zero-order valence-electron chi connectivity index (χ0n) is 16.5. The summed E-state index contributed by atoms with van der Waals surface area (Å²) in [5.41, 5.74) is -1.47. The molecule has 168 valence electrons. The Kier molecular flexibility index (Phi) is 6.42. The van der Waals surface area contributed by atoms with Crippen LogP contribution in [-0.2, 0) is 16.2 Å². The Bertz CT molecular complexity index is 1260. The zero-order chi connectivity index (χ0) is 23.5. The molecule has 3 aromatic rings. The number of nitrogens with one attached hydrogen (secondary N) is 1. The zero-order valence-corrected chi connectivity index (χ0v) is 17.3. The first-order chi connectivity index (χ1) is 15.0. The van der Waals surface area contributed by atoms with Crippen molar-refractivity contribution >= 4 is 21.6 Å². The molecule has 0 saturated carbocycles. The van der Waals surface area contributed by atoms with Gasteiger partial charge in [-0.3, -0.25) is 4.79 Å². The summed E-state index contributed by atoms with van der Waals surface area (Å²) in [5.74, 6) is -0.630. The monoisotopic (exact) mass is 466 g/mol. The molecule has 0 spiro atoms. The van der Waals surface area contributed by atoms with E-state index in [-0.39, 0.29) is 22.1 Å². The van der Waals surface area contributed by atoms with Crippen LogP contribution in [0.15, 0.2) is 71.6 Å². The lowest BCUT2D eigenvalue weighted by Gasteiger charge is -2.16. The Morgan fingerprint density at radius 1 is 0.938 bits per heavy atom. The molecule has 7 nitrogen and oxygen atoms in total. The standard InChI is InChI=1S/C21H17F3N2O5S/c1-30-18-7-2-3-8-19(18)31-17-10-9-13(21(22,23)24)11-16(17)20(27)26-14-5-4-6-15(12-14)32(25,28)29/h2-12H,1H3,(H,26,27)(H2,25,28,29). The van der Waals surface area contributed by atoms with E-state index in [1.165, 1.54) is 31.4 Å². The fourth-order valence-corrected chi connectivity index (χ4v) is 3.30. The second-order valence-electron chi connectivity index (χ2n) is 6.49. The molecule has 0 atom stereocenters. The lowest BCUT2D eigenvalue weighted by molar-refractivity contribution is -0.137. The van der Waals surface area contributed by atoms with Gasteiger partial charge in [0.05, 0.1) is 23.1 Å². The summed E-state index contributed by atoms with van der Waals surface area (Å²) < 4.78 is 73.6. The van der Waals surface area contributed by atoms with Gasteiger partial charge in [-0.1, -0.05) is 18.2 Å². The van der Waals surface area contributed by atoms with Gasteiger partial charge >= 0.3 is 6.18 Å². The predicted octanol–water partition coefficient (Wildman–Crippen LogP) is 4.41. The molecule has 0 aromatic heterocycles. The highest BCUT2D eigenvalue weighted by atomic mass is 32.2. The van der Waals surface area contributed by atoms with Crippen LogP contribution in [0.25, 0.3) is 0 Å². The second-order valence-corrected chi connectivity index (χ2v) is 8.05. The number of methoxy groups -OCH3 is 1. The number of benzene rings is 3.